The van der Waals surface area contributed by atoms with Gasteiger partial charge in [-0.2, -0.15) is 0 Å². The first-order valence-corrected chi connectivity index (χ1v) is 14.1. The van der Waals surface area contributed by atoms with E-state index in [4.69, 9.17) is 19.3 Å². The number of rotatable bonds is 14. The summed E-state index contributed by atoms with van der Waals surface area (Å²) >= 11 is 1.69. The van der Waals surface area contributed by atoms with Gasteiger partial charge >= 0.3 is 214 Å². The number of ether oxygens (including phenoxy) is 3. The van der Waals surface area contributed by atoms with Crippen molar-refractivity contribution in [2.24, 2.45) is 0 Å². The van der Waals surface area contributed by atoms with E-state index in [1.54, 1.807) is 31.5 Å². The third kappa shape index (κ3) is 8.80. The average molecular weight is 563 g/mol. The number of carboxylic acids is 1. The molecule has 0 saturated carbocycles. The summed E-state index contributed by atoms with van der Waals surface area (Å²) < 4.78 is 18.5. The van der Waals surface area contributed by atoms with Gasteiger partial charge in [0, 0.05) is 0 Å². The maximum absolute atomic E-state index is 13.1. The third-order valence-electron chi connectivity index (χ3n) is 4.38. The second kappa shape index (κ2) is 13.5. The maximum atomic E-state index is 13.1. The van der Waals surface area contributed by atoms with Gasteiger partial charge in [-0.3, -0.25) is 0 Å². The Morgan fingerprint density at radius 1 is 1.18 bits per heavy atom. The Morgan fingerprint density at radius 2 is 1.94 bits per heavy atom. The van der Waals surface area contributed by atoms with Crippen LogP contribution in [0.15, 0.2) is 58.9 Å². The average Bonchev–Trinajstić information content (AvgIpc) is 3.25. The van der Waals surface area contributed by atoms with Gasteiger partial charge in [0.25, 0.3) is 0 Å². The molecule has 34 heavy (non-hydrogen) atoms. The van der Waals surface area contributed by atoms with Crippen LogP contribution in [0.4, 0.5) is 0 Å². The Labute approximate surface area is 213 Å². The number of nitrogens with zero attached hydrogens (tertiary/aromatic N) is 1. The number of carbonyl (C=O) groups excluding carboxylic acids is 1. The number of thioether (sulfide) groups is 1. The molecule has 3 rings (SSSR count). The Bertz CT molecular complexity index is 1090. The SMILES string of the molecule is COCC(C)Oc1cc(OCCc2ccccc2)cc(C(=O)[As]c2ncc(SCC(=O)O)s2)c1. The Morgan fingerprint density at radius 3 is 2.68 bits per heavy atom. The molecule has 0 bridgehead atoms. The molecule has 0 aliphatic heterocycles. The number of hydrogen-bond donors (Lipinski definition) is 1. The van der Waals surface area contributed by atoms with Crippen molar-refractivity contribution in [3.8, 4) is 11.5 Å². The van der Waals surface area contributed by atoms with E-state index < -0.39 is 21.7 Å². The fourth-order valence-corrected chi connectivity index (χ4v) is 7.30. The minimum absolute atomic E-state index is 0.0295. The number of aliphatic carboxylic acids is 1. The monoisotopic (exact) mass is 562 g/mol. The van der Waals surface area contributed by atoms with Crippen LogP contribution in [0.5, 0.6) is 11.5 Å². The molecule has 0 amide bonds. The Hall–Kier alpha value is -2.32. The van der Waals surface area contributed by atoms with E-state index in [9.17, 15) is 9.59 Å². The zero-order valence-corrected chi connectivity index (χ0v) is 22.3. The van der Waals surface area contributed by atoms with Crippen LogP contribution in [0.1, 0.15) is 22.8 Å². The molecule has 0 saturated heterocycles. The number of benzene rings is 2. The van der Waals surface area contributed by atoms with Crippen molar-refractivity contribution >= 4 is 53.2 Å². The van der Waals surface area contributed by atoms with Crippen molar-refractivity contribution in [2.75, 3.05) is 26.1 Å². The van der Waals surface area contributed by atoms with E-state index in [-0.39, 0.29) is 16.4 Å². The molecule has 0 aliphatic carbocycles. The van der Waals surface area contributed by atoms with Gasteiger partial charge in [-0.15, -0.1) is 0 Å². The van der Waals surface area contributed by atoms with Gasteiger partial charge in [-0.1, -0.05) is 0 Å². The van der Waals surface area contributed by atoms with Crippen molar-refractivity contribution in [1.82, 2.24) is 4.98 Å². The normalized spacial score (nSPS) is 12.1. The van der Waals surface area contributed by atoms with Gasteiger partial charge in [-0.25, -0.2) is 0 Å². The van der Waals surface area contributed by atoms with Crippen LogP contribution < -0.4 is 13.3 Å². The first-order chi connectivity index (χ1) is 16.4. The van der Waals surface area contributed by atoms with Gasteiger partial charge in [-0.05, 0) is 0 Å². The molecule has 7 nitrogen and oxygen atoms in total. The molecule has 3 aromatic rings. The Balaban J connectivity index is 1.71. The predicted octanol–water partition coefficient (Wildman–Crippen LogP) is 3.52. The molecule has 0 aliphatic rings. The molecule has 1 unspecified atom stereocenters. The van der Waals surface area contributed by atoms with Crippen LogP contribution in [0.25, 0.3) is 0 Å². The quantitative estimate of drug-likeness (QED) is 0.236. The number of carboxylic acid groups (broad SMARTS) is 1. The molecule has 0 fully saturated rings. The molecule has 1 aromatic heterocycles. The molecule has 179 valence electrons. The summed E-state index contributed by atoms with van der Waals surface area (Å²) in [4.78, 5) is 28.1. The fraction of sp³-hybridized carbons (Fsp3) is 0.292. The van der Waals surface area contributed by atoms with Crippen LogP contribution in [0, 0.1) is 0 Å². The van der Waals surface area contributed by atoms with E-state index in [1.807, 2.05) is 37.3 Å². The summed E-state index contributed by atoms with van der Waals surface area (Å²) in [5.74, 6) is 0.195. The Kier molecular flexibility index (Phi) is 10.5. The molecule has 1 radical (unpaired) electrons. The molecule has 1 atom stereocenters. The summed E-state index contributed by atoms with van der Waals surface area (Å²) in [5.41, 5.74) is 1.68. The van der Waals surface area contributed by atoms with Gasteiger partial charge in [0.1, 0.15) is 0 Å². The predicted molar refractivity (Wildman–Crippen MR) is 134 cm³/mol. The van der Waals surface area contributed by atoms with Gasteiger partial charge in [0.2, 0.25) is 0 Å². The first-order valence-electron chi connectivity index (χ1n) is 10.5. The van der Waals surface area contributed by atoms with Crippen LogP contribution in [-0.2, 0) is 16.0 Å². The second-order valence-electron chi connectivity index (χ2n) is 7.22. The molecule has 2 aromatic carbocycles. The van der Waals surface area contributed by atoms with Crippen LogP contribution >= 0.6 is 23.1 Å². The molecule has 0 spiro atoms. The number of hydrogen-bond acceptors (Lipinski definition) is 8. The summed E-state index contributed by atoms with van der Waals surface area (Å²) in [7, 11) is 1.61. The summed E-state index contributed by atoms with van der Waals surface area (Å²) in [6.07, 6.45) is 2.19. The molecule has 1 N–H and O–H groups in total. The molecular formula is C24H25AsNO6S2. The number of methoxy groups -OCH3 is 1. The van der Waals surface area contributed by atoms with Gasteiger partial charge in [0.05, 0.1) is 0 Å². The van der Waals surface area contributed by atoms with Crippen molar-refractivity contribution in [3.05, 3.63) is 65.9 Å². The number of aromatic nitrogens is 1. The molecule has 1 heterocycles. The van der Waals surface area contributed by atoms with E-state index in [2.05, 4.69) is 4.98 Å². The standard InChI is InChI=1S/C24H25AsNO6S2/c1-16(14-30-2)32-20-11-18(10-19(12-20)31-9-8-17-6-4-3-5-7-17)23(29)25-24-26-13-22(34-24)33-15-21(27)28/h3-7,10-13,16H,8-9,14-15H2,1-2H3,(H,27,28). The minimum atomic E-state index is -0.886. The van der Waals surface area contributed by atoms with Gasteiger partial charge < -0.3 is 0 Å². The molecular weight excluding hydrogens is 537 g/mol. The molecule has 10 heteroatoms. The van der Waals surface area contributed by atoms with E-state index >= 15 is 0 Å². The topological polar surface area (TPSA) is 95.0 Å². The number of thiazole rings is 1. The summed E-state index contributed by atoms with van der Waals surface area (Å²) in [6, 6.07) is 15.3. The van der Waals surface area contributed by atoms with Crippen LogP contribution in [0.2, 0.25) is 0 Å². The summed E-state index contributed by atoms with van der Waals surface area (Å²) in [6.45, 7) is 2.79. The number of carbonyl (C=O) groups is 2. The van der Waals surface area contributed by atoms with E-state index in [0.29, 0.717) is 30.3 Å². The zero-order valence-electron chi connectivity index (χ0n) is 18.8. The van der Waals surface area contributed by atoms with Crippen molar-refractivity contribution in [1.29, 1.82) is 0 Å². The van der Waals surface area contributed by atoms with Crippen molar-refractivity contribution < 1.29 is 28.9 Å². The third-order valence-corrected chi connectivity index (χ3v) is 9.01. The first kappa shape index (κ1) is 26.3. The second-order valence-corrected chi connectivity index (χ2v) is 12.4. The van der Waals surface area contributed by atoms with Crippen LogP contribution in [-0.4, -0.2) is 68.6 Å². The van der Waals surface area contributed by atoms with Crippen molar-refractivity contribution in [3.63, 3.8) is 0 Å². The van der Waals surface area contributed by atoms with Crippen molar-refractivity contribution in [2.45, 2.75) is 23.7 Å². The summed E-state index contributed by atoms with van der Waals surface area (Å²) in [5, 5.41) is 8.83. The van der Waals surface area contributed by atoms with Gasteiger partial charge in [0.15, 0.2) is 0 Å². The van der Waals surface area contributed by atoms with E-state index in [1.165, 1.54) is 28.7 Å². The van der Waals surface area contributed by atoms with E-state index in [0.717, 1.165) is 14.4 Å². The van der Waals surface area contributed by atoms with Crippen LogP contribution in [0.3, 0.4) is 0 Å². The zero-order chi connectivity index (χ0) is 24.3. The fourth-order valence-electron chi connectivity index (χ4n) is 2.93.